The molecule has 0 aliphatic carbocycles. The van der Waals surface area contributed by atoms with Crippen LogP contribution in [-0.2, 0) is 16.6 Å². The first-order chi connectivity index (χ1) is 9.07. The van der Waals surface area contributed by atoms with Crippen molar-refractivity contribution in [1.82, 2.24) is 10.0 Å². The highest BCUT2D eigenvalue weighted by atomic mass is 79.9. The van der Waals surface area contributed by atoms with Gasteiger partial charge in [-0.25, -0.2) is 13.1 Å². The highest BCUT2D eigenvalue weighted by Gasteiger charge is 2.20. The quantitative estimate of drug-likeness (QED) is 0.855. The van der Waals surface area contributed by atoms with Crippen LogP contribution in [0, 0.1) is 5.92 Å². The van der Waals surface area contributed by atoms with Crippen molar-refractivity contribution >= 4 is 26.0 Å². The molecule has 1 aliphatic heterocycles. The zero-order valence-corrected chi connectivity index (χ0v) is 13.1. The lowest BCUT2D eigenvalue weighted by Gasteiger charge is -2.22. The minimum Gasteiger partial charge on any atom is -0.317 e. The van der Waals surface area contributed by atoms with Gasteiger partial charge in [-0.15, -0.1) is 0 Å². The van der Waals surface area contributed by atoms with Gasteiger partial charge in [0, 0.05) is 11.0 Å². The van der Waals surface area contributed by atoms with E-state index in [1.165, 1.54) is 0 Å². The van der Waals surface area contributed by atoms with Gasteiger partial charge in [0.1, 0.15) is 0 Å². The summed E-state index contributed by atoms with van der Waals surface area (Å²) in [6, 6.07) is 7.64. The van der Waals surface area contributed by atoms with E-state index >= 15 is 0 Å². The Kier molecular flexibility index (Phi) is 5.38. The van der Waals surface area contributed by atoms with Crippen molar-refractivity contribution in [3.63, 3.8) is 0 Å². The van der Waals surface area contributed by atoms with E-state index in [-0.39, 0.29) is 11.7 Å². The molecule has 19 heavy (non-hydrogen) atoms. The van der Waals surface area contributed by atoms with E-state index in [4.69, 9.17) is 0 Å². The van der Waals surface area contributed by atoms with Gasteiger partial charge in [0.15, 0.2) is 0 Å². The predicted molar refractivity (Wildman–Crippen MR) is 80.4 cm³/mol. The molecular weight excluding hydrogens is 328 g/mol. The molecule has 1 saturated heterocycles. The average Bonchev–Trinajstić information content (AvgIpc) is 2.38. The van der Waals surface area contributed by atoms with Crippen LogP contribution in [0.2, 0.25) is 0 Å². The molecule has 2 rings (SSSR count). The summed E-state index contributed by atoms with van der Waals surface area (Å²) in [7, 11) is -3.19. The van der Waals surface area contributed by atoms with Crippen LogP contribution >= 0.6 is 15.9 Å². The highest BCUT2D eigenvalue weighted by molar-refractivity contribution is 9.10. The third kappa shape index (κ3) is 4.87. The van der Waals surface area contributed by atoms with Crippen LogP contribution in [0.4, 0.5) is 0 Å². The lowest BCUT2D eigenvalue weighted by Crippen LogP contribution is -2.35. The van der Waals surface area contributed by atoms with E-state index in [1.807, 2.05) is 24.3 Å². The van der Waals surface area contributed by atoms with Crippen molar-refractivity contribution in [3.8, 4) is 0 Å². The van der Waals surface area contributed by atoms with Crippen molar-refractivity contribution in [1.29, 1.82) is 0 Å². The first kappa shape index (κ1) is 15.0. The molecule has 0 saturated carbocycles. The van der Waals surface area contributed by atoms with Gasteiger partial charge in [-0.2, -0.15) is 0 Å². The monoisotopic (exact) mass is 346 g/mol. The number of benzene rings is 1. The SMILES string of the molecule is O=S(=O)(CC1CCNCC1)NCc1ccccc1Br. The Morgan fingerprint density at radius 1 is 1.26 bits per heavy atom. The van der Waals surface area contributed by atoms with Crippen LogP contribution in [0.3, 0.4) is 0 Å². The smallest absolute Gasteiger partial charge is 0.212 e. The standard InChI is InChI=1S/C13H19BrN2O2S/c14-13-4-2-1-3-12(13)9-16-19(17,18)10-11-5-7-15-8-6-11/h1-4,11,15-16H,5-10H2. The molecule has 1 aromatic carbocycles. The van der Waals surface area contributed by atoms with Crippen LogP contribution < -0.4 is 10.0 Å². The molecular formula is C13H19BrN2O2S. The molecule has 1 aromatic rings. The van der Waals surface area contributed by atoms with E-state index in [9.17, 15) is 8.42 Å². The number of hydrogen-bond acceptors (Lipinski definition) is 3. The Bertz CT molecular complexity index is 513. The largest absolute Gasteiger partial charge is 0.317 e. The molecule has 0 bridgehead atoms. The summed E-state index contributed by atoms with van der Waals surface area (Å²) in [6.07, 6.45) is 1.88. The van der Waals surface area contributed by atoms with Crippen molar-refractivity contribution < 1.29 is 8.42 Å². The zero-order chi connectivity index (χ0) is 13.7. The first-order valence-electron chi connectivity index (χ1n) is 6.48. The summed E-state index contributed by atoms with van der Waals surface area (Å²) in [4.78, 5) is 0. The Labute approximate surface area is 123 Å². The van der Waals surface area contributed by atoms with E-state index in [0.717, 1.165) is 36.0 Å². The minimum atomic E-state index is -3.19. The van der Waals surface area contributed by atoms with Gasteiger partial charge in [0.2, 0.25) is 10.0 Å². The fraction of sp³-hybridized carbons (Fsp3) is 0.538. The summed E-state index contributed by atoms with van der Waals surface area (Å²) in [5, 5.41) is 3.24. The summed E-state index contributed by atoms with van der Waals surface area (Å²) >= 11 is 3.42. The van der Waals surface area contributed by atoms with Crippen molar-refractivity contribution in [2.45, 2.75) is 19.4 Å². The van der Waals surface area contributed by atoms with Crippen molar-refractivity contribution in [3.05, 3.63) is 34.3 Å². The molecule has 0 radical (unpaired) electrons. The molecule has 0 unspecified atom stereocenters. The second-order valence-corrected chi connectivity index (χ2v) is 7.59. The van der Waals surface area contributed by atoms with Gasteiger partial charge in [0.25, 0.3) is 0 Å². The number of rotatable bonds is 5. The Balaban J connectivity index is 1.88. The lowest BCUT2D eigenvalue weighted by molar-refractivity contribution is 0.400. The van der Waals surface area contributed by atoms with Crippen LogP contribution in [0.5, 0.6) is 0 Å². The molecule has 4 nitrogen and oxygen atoms in total. The third-order valence-electron chi connectivity index (χ3n) is 3.35. The second kappa shape index (κ2) is 6.83. The molecule has 2 N–H and O–H groups in total. The molecule has 6 heteroatoms. The Hall–Kier alpha value is -0.430. The van der Waals surface area contributed by atoms with E-state index in [1.54, 1.807) is 0 Å². The molecule has 106 valence electrons. The van der Waals surface area contributed by atoms with Crippen LogP contribution in [-0.4, -0.2) is 27.3 Å². The van der Waals surface area contributed by atoms with Gasteiger partial charge in [-0.1, -0.05) is 34.1 Å². The van der Waals surface area contributed by atoms with E-state index in [0.29, 0.717) is 6.54 Å². The van der Waals surface area contributed by atoms with Crippen molar-refractivity contribution in [2.24, 2.45) is 5.92 Å². The normalized spacial score (nSPS) is 17.5. The van der Waals surface area contributed by atoms with Gasteiger partial charge in [-0.3, -0.25) is 0 Å². The van der Waals surface area contributed by atoms with E-state index < -0.39 is 10.0 Å². The van der Waals surface area contributed by atoms with E-state index in [2.05, 4.69) is 26.0 Å². The fourth-order valence-corrected chi connectivity index (χ4v) is 4.12. The number of sulfonamides is 1. The minimum absolute atomic E-state index is 0.235. The molecule has 0 spiro atoms. The third-order valence-corrected chi connectivity index (χ3v) is 5.62. The predicted octanol–water partition coefficient (Wildman–Crippen LogP) is 1.87. The molecule has 1 heterocycles. The molecule has 1 aliphatic rings. The van der Waals surface area contributed by atoms with Crippen LogP contribution in [0.1, 0.15) is 18.4 Å². The van der Waals surface area contributed by atoms with Gasteiger partial charge >= 0.3 is 0 Å². The van der Waals surface area contributed by atoms with Crippen LogP contribution in [0.15, 0.2) is 28.7 Å². The second-order valence-electron chi connectivity index (χ2n) is 4.89. The maximum Gasteiger partial charge on any atom is 0.212 e. The molecule has 0 amide bonds. The summed E-state index contributed by atoms with van der Waals surface area (Å²) in [6.45, 7) is 2.18. The fourth-order valence-electron chi connectivity index (χ4n) is 2.25. The maximum atomic E-state index is 12.0. The van der Waals surface area contributed by atoms with Gasteiger partial charge < -0.3 is 5.32 Å². The summed E-state index contributed by atoms with van der Waals surface area (Å²) < 4.78 is 27.7. The highest BCUT2D eigenvalue weighted by Crippen LogP contribution is 2.17. The van der Waals surface area contributed by atoms with Crippen molar-refractivity contribution in [2.75, 3.05) is 18.8 Å². The van der Waals surface area contributed by atoms with Gasteiger partial charge in [-0.05, 0) is 43.5 Å². The number of nitrogens with one attached hydrogen (secondary N) is 2. The topological polar surface area (TPSA) is 58.2 Å². The Morgan fingerprint density at radius 2 is 1.95 bits per heavy atom. The number of hydrogen-bond donors (Lipinski definition) is 2. The molecule has 1 fully saturated rings. The lowest BCUT2D eigenvalue weighted by atomic mass is 10.0. The average molecular weight is 347 g/mol. The van der Waals surface area contributed by atoms with Crippen LogP contribution in [0.25, 0.3) is 0 Å². The molecule has 0 atom stereocenters. The zero-order valence-electron chi connectivity index (χ0n) is 10.7. The number of piperidine rings is 1. The first-order valence-corrected chi connectivity index (χ1v) is 8.93. The summed E-state index contributed by atoms with van der Waals surface area (Å²) in [5.41, 5.74) is 0.955. The van der Waals surface area contributed by atoms with Gasteiger partial charge in [0.05, 0.1) is 5.75 Å². The summed E-state index contributed by atoms with van der Waals surface area (Å²) in [5.74, 6) is 0.511. The molecule has 0 aromatic heterocycles. The maximum absolute atomic E-state index is 12.0. The number of halogens is 1. The Morgan fingerprint density at radius 3 is 2.63 bits per heavy atom.